The van der Waals surface area contributed by atoms with Gasteiger partial charge in [0.25, 0.3) is 0 Å². The molecule has 7 heavy (non-hydrogen) atoms. The second-order valence-electron chi connectivity index (χ2n) is 1.80. The van der Waals surface area contributed by atoms with Crippen LogP contribution in [0.25, 0.3) is 0 Å². The van der Waals surface area contributed by atoms with E-state index in [0.29, 0.717) is 12.3 Å². The second-order valence-corrected chi connectivity index (χ2v) is 1.80. The van der Waals surface area contributed by atoms with Crippen LogP contribution in [0.1, 0.15) is 21.7 Å². The van der Waals surface area contributed by atoms with E-state index in [4.69, 9.17) is 0 Å². The van der Waals surface area contributed by atoms with E-state index in [2.05, 4.69) is 0 Å². The Morgan fingerprint density at radius 1 is 1.71 bits per heavy atom. The van der Waals surface area contributed by atoms with E-state index < -0.39 is 0 Å². The van der Waals surface area contributed by atoms with Crippen molar-refractivity contribution < 1.29 is 57.6 Å². The predicted octanol–water partition coefficient (Wildman–Crippen LogP) is -1.65. The minimum absolute atomic E-state index is 0. The number of carbonyl (C=O) groups is 1. The summed E-state index contributed by atoms with van der Waals surface area (Å²) in [6.07, 6.45) is 1.64. The third kappa shape index (κ3) is 11.1. The van der Waals surface area contributed by atoms with Gasteiger partial charge in [-0.15, -0.1) is 0 Å². The third-order valence-corrected chi connectivity index (χ3v) is 0.568. The molecule has 0 bridgehead atoms. The first-order valence-electron chi connectivity index (χ1n) is 2.21. The van der Waals surface area contributed by atoms with E-state index in [0.717, 1.165) is 6.29 Å². The Bertz CT molecular complexity index is 47.7. The Kier molecular flexibility index (Phi) is 11.6. The molecule has 0 spiro atoms. The van der Waals surface area contributed by atoms with Crippen LogP contribution in [-0.2, 0) is 4.79 Å². The average Bonchev–Trinajstić information content (AvgIpc) is 1.35. The van der Waals surface area contributed by atoms with Gasteiger partial charge in [-0.2, -0.15) is 0 Å². The van der Waals surface area contributed by atoms with Crippen LogP contribution in [-0.4, -0.2) is 6.29 Å². The molecule has 0 radical (unpaired) electrons. The molecule has 0 heterocycles. The molecule has 0 aromatic rings. The molecule has 38 valence electrons. The van der Waals surface area contributed by atoms with Gasteiger partial charge < -0.3 is 6.22 Å². The minimum Gasteiger partial charge on any atom is -1.00 e. The summed E-state index contributed by atoms with van der Waals surface area (Å²) in [5, 5.41) is 0. The Morgan fingerprint density at radius 2 is 2.14 bits per heavy atom. The molecule has 0 saturated heterocycles. The van der Waals surface area contributed by atoms with Crippen LogP contribution in [0.15, 0.2) is 0 Å². The van der Waals surface area contributed by atoms with Crippen molar-refractivity contribution in [2.45, 2.75) is 20.3 Å². The zero-order chi connectivity index (χ0) is 4.99. The van der Waals surface area contributed by atoms with Gasteiger partial charge in [0.05, 0.1) is 0 Å². The van der Waals surface area contributed by atoms with Gasteiger partial charge in [-0.05, 0) is 5.92 Å². The molecule has 1 nitrogen and oxygen atoms in total. The minimum atomic E-state index is 0. The smallest absolute Gasteiger partial charge is 1.00 e. The number of rotatable bonds is 2. The van der Waals surface area contributed by atoms with Crippen LogP contribution in [0.5, 0.6) is 0 Å². The van der Waals surface area contributed by atoms with Crippen LogP contribution in [0.2, 0.25) is 0 Å². The number of hydrogen-bond donors (Lipinski definition) is 0. The summed E-state index contributed by atoms with van der Waals surface area (Å²) in [6.45, 7) is 4.04. The van der Waals surface area contributed by atoms with E-state index in [1.54, 1.807) is 0 Å². The van der Waals surface area contributed by atoms with Crippen molar-refractivity contribution in [1.82, 2.24) is 0 Å². The van der Waals surface area contributed by atoms with Crippen LogP contribution in [0.4, 0.5) is 0 Å². The molecule has 0 amide bonds. The molecule has 0 aliphatic rings. The Morgan fingerprint density at radius 3 is 2.14 bits per heavy atom. The van der Waals surface area contributed by atoms with Gasteiger partial charge in [-0.3, -0.25) is 0 Å². The maximum Gasteiger partial charge on any atom is 1.00 e. The normalized spacial score (nSPS) is 7.86. The molecule has 0 rings (SSSR count). The van der Waals surface area contributed by atoms with Gasteiger partial charge in [0.2, 0.25) is 0 Å². The molecule has 0 aliphatic heterocycles. The Labute approximate surface area is 88.8 Å². The van der Waals surface area contributed by atoms with Crippen molar-refractivity contribution in [2.24, 2.45) is 5.92 Å². The van der Waals surface area contributed by atoms with Crippen molar-refractivity contribution in [3.63, 3.8) is 0 Å². The summed E-state index contributed by atoms with van der Waals surface area (Å²) < 4.78 is 0. The number of hydrogen-bond acceptors (Lipinski definition) is 1. The summed E-state index contributed by atoms with van der Waals surface area (Å²) in [6, 6.07) is 0. The van der Waals surface area contributed by atoms with Crippen LogP contribution in [0.3, 0.4) is 0 Å². The average molecular weight is 126 g/mol. The molecule has 0 saturated carbocycles. The third-order valence-electron chi connectivity index (χ3n) is 0.568. The largest absolute Gasteiger partial charge is 1.00 e. The SMILES string of the molecule is CC(C)CC=O.[H-].[K+]. The number of carbonyl (C=O) groups excluding carboxylic acids is 1. The predicted molar refractivity (Wildman–Crippen MR) is 26.6 cm³/mol. The first-order valence-corrected chi connectivity index (χ1v) is 2.21. The summed E-state index contributed by atoms with van der Waals surface area (Å²) in [5.41, 5.74) is 0. The van der Waals surface area contributed by atoms with Gasteiger partial charge in [0.1, 0.15) is 6.29 Å². The van der Waals surface area contributed by atoms with Gasteiger partial charge in [-0.1, -0.05) is 13.8 Å². The van der Waals surface area contributed by atoms with Gasteiger partial charge >= 0.3 is 51.4 Å². The fraction of sp³-hybridized carbons (Fsp3) is 0.800. The van der Waals surface area contributed by atoms with Crippen LogP contribution in [0, 0.1) is 5.92 Å². The van der Waals surface area contributed by atoms with E-state index in [-0.39, 0.29) is 52.8 Å². The first kappa shape index (κ1) is 11.1. The molecule has 0 aromatic heterocycles. The molecule has 0 fully saturated rings. The maximum absolute atomic E-state index is 9.62. The first-order chi connectivity index (χ1) is 2.77. The van der Waals surface area contributed by atoms with Crippen molar-refractivity contribution in [3.8, 4) is 0 Å². The van der Waals surface area contributed by atoms with Crippen molar-refractivity contribution in [1.29, 1.82) is 0 Å². The molecule has 0 aromatic carbocycles. The van der Waals surface area contributed by atoms with Crippen LogP contribution >= 0.6 is 0 Å². The van der Waals surface area contributed by atoms with Crippen LogP contribution < -0.4 is 51.4 Å². The van der Waals surface area contributed by atoms with Crippen molar-refractivity contribution >= 4 is 6.29 Å². The van der Waals surface area contributed by atoms with Gasteiger partial charge in [0.15, 0.2) is 0 Å². The van der Waals surface area contributed by atoms with E-state index in [1.807, 2.05) is 13.8 Å². The zero-order valence-corrected chi connectivity index (χ0v) is 8.39. The fourth-order valence-corrected chi connectivity index (χ4v) is 0.192. The summed E-state index contributed by atoms with van der Waals surface area (Å²) >= 11 is 0. The topological polar surface area (TPSA) is 17.1 Å². The quantitative estimate of drug-likeness (QED) is 0.320. The van der Waals surface area contributed by atoms with Crippen molar-refractivity contribution in [2.75, 3.05) is 0 Å². The maximum atomic E-state index is 9.62. The molecule has 0 atom stereocenters. The van der Waals surface area contributed by atoms with E-state index in [1.165, 1.54) is 0 Å². The summed E-state index contributed by atoms with van der Waals surface area (Å²) in [7, 11) is 0. The zero-order valence-electron chi connectivity index (χ0n) is 6.27. The molecule has 0 aliphatic carbocycles. The number of aldehydes is 1. The molecule has 0 N–H and O–H groups in total. The van der Waals surface area contributed by atoms with E-state index in [9.17, 15) is 4.79 Å². The molecular weight excluding hydrogens is 115 g/mol. The van der Waals surface area contributed by atoms with Gasteiger partial charge in [0, 0.05) is 6.42 Å². The van der Waals surface area contributed by atoms with Gasteiger partial charge in [-0.25, -0.2) is 0 Å². The standard InChI is InChI=1S/C5H10O.K.H/c1-5(2)3-4-6;;/h4-5H,3H2,1-2H3;;/q;+1;-1. The Hall–Kier alpha value is 1.31. The summed E-state index contributed by atoms with van der Waals surface area (Å²) in [4.78, 5) is 9.62. The monoisotopic (exact) mass is 126 g/mol. The van der Waals surface area contributed by atoms with Crippen molar-refractivity contribution in [3.05, 3.63) is 0 Å². The van der Waals surface area contributed by atoms with E-state index >= 15 is 0 Å². The molecular formula is C5H11KO. The molecule has 2 heteroatoms. The molecule has 0 unspecified atom stereocenters. The fourth-order valence-electron chi connectivity index (χ4n) is 0.192. The second kappa shape index (κ2) is 7.31. The summed E-state index contributed by atoms with van der Waals surface area (Å²) in [5.74, 6) is 0.530. The Balaban J connectivity index is -0.000000125.